The number of hydrogen-bond donors (Lipinski definition) is 0. The summed E-state index contributed by atoms with van der Waals surface area (Å²) >= 11 is 0. The molecule has 1 aromatic carbocycles. The van der Waals surface area contributed by atoms with E-state index in [1.807, 2.05) is 0 Å². The van der Waals surface area contributed by atoms with E-state index in [1.165, 1.54) is 31.5 Å². The van der Waals surface area contributed by atoms with Crippen LogP contribution in [-0.2, 0) is 6.42 Å². The molecule has 0 aliphatic rings. The van der Waals surface area contributed by atoms with Gasteiger partial charge in [0.15, 0.2) is 0 Å². The molecule has 94 valence electrons. The van der Waals surface area contributed by atoms with Gasteiger partial charge in [-0.15, -0.1) is 0 Å². The van der Waals surface area contributed by atoms with E-state index in [0.717, 1.165) is 13.0 Å². The molecule has 0 radical (unpaired) electrons. The van der Waals surface area contributed by atoms with Crippen molar-refractivity contribution in [2.75, 3.05) is 19.6 Å². The van der Waals surface area contributed by atoms with E-state index < -0.39 is 0 Å². The maximum Gasteiger partial charge on any atom is 0.0163 e. The van der Waals surface area contributed by atoms with Crippen LogP contribution in [0.25, 0.3) is 0 Å². The quantitative estimate of drug-likeness (QED) is 0.613. The number of nitrogens with zero attached hydrogens (tertiary/aromatic N) is 1. The van der Waals surface area contributed by atoms with E-state index in [4.69, 9.17) is 0 Å². The summed E-state index contributed by atoms with van der Waals surface area (Å²) in [4.78, 5) is 2.52. The molecule has 0 atom stereocenters. The number of benzene rings is 1. The van der Waals surface area contributed by atoms with Gasteiger partial charge in [-0.25, -0.2) is 0 Å². The summed E-state index contributed by atoms with van der Waals surface area (Å²) in [5, 5.41) is 0. The standard InChI is InChI=1S/C16H25N/c1-3-13-17(14-4-2)15-9-8-12-16-10-6-5-7-11-16/h5-11H,3-4,12-15H2,1-2H3. The zero-order valence-corrected chi connectivity index (χ0v) is 11.2. The van der Waals surface area contributed by atoms with Gasteiger partial charge in [-0.1, -0.05) is 56.3 Å². The lowest BCUT2D eigenvalue weighted by Crippen LogP contribution is -2.25. The summed E-state index contributed by atoms with van der Waals surface area (Å²) in [6.45, 7) is 8.01. The van der Waals surface area contributed by atoms with Crippen molar-refractivity contribution < 1.29 is 0 Å². The highest BCUT2D eigenvalue weighted by atomic mass is 15.1. The number of hydrogen-bond acceptors (Lipinski definition) is 1. The van der Waals surface area contributed by atoms with E-state index >= 15 is 0 Å². The molecule has 0 heterocycles. The fraction of sp³-hybridized carbons (Fsp3) is 0.500. The lowest BCUT2D eigenvalue weighted by atomic mass is 10.1. The summed E-state index contributed by atoms with van der Waals surface area (Å²) in [6.07, 6.45) is 8.12. The Morgan fingerprint density at radius 1 is 0.941 bits per heavy atom. The van der Waals surface area contributed by atoms with Crippen LogP contribution in [0.3, 0.4) is 0 Å². The fourth-order valence-corrected chi connectivity index (χ4v) is 1.98. The van der Waals surface area contributed by atoms with Crippen molar-refractivity contribution in [1.29, 1.82) is 0 Å². The second-order valence-electron chi connectivity index (χ2n) is 4.46. The van der Waals surface area contributed by atoms with Gasteiger partial charge in [-0.05, 0) is 37.9 Å². The van der Waals surface area contributed by atoms with Crippen molar-refractivity contribution in [2.24, 2.45) is 0 Å². The minimum absolute atomic E-state index is 1.05. The second-order valence-corrected chi connectivity index (χ2v) is 4.46. The minimum Gasteiger partial charge on any atom is -0.300 e. The summed E-state index contributed by atoms with van der Waals surface area (Å²) in [7, 11) is 0. The molecule has 0 amide bonds. The van der Waals surface area contributed by atoms with E-state index in [0.29, 0.717) is 0 Å². The summed E-state index contributed by atoms with van der Waals surface area (Å²) in [5.74, 6) is 0. The SMILES string of the molecule is CCCN(CC=CCc1ccccc1)CCC. The van der Waals surface area contributed by atoms with Gasteiger partial charge >= 0.3 is 0 Å². The molecule has 17 heavy (non-hydrogen) atoms. The summed E-state index contributed by atoms with van der Waals surface area (Å²) < 4.78 is 0. The molecule has 1 aromatic rings. The zero-order valence-electron chi connectivity index (χ0n) is 11.2. The van der Waals surface area contributed by atoms with Crippen LogP contribution >= 0.6 is 0 Å². The molecule has 0 spiro atoms. The molecule has 0 unspecified atom stereocenters. The van der Waals surface area contributed by atoms with Crippen LogP contribution in [0, 0.1) is 0 Å². The van der Waals surface area contributed by atoms with Gasteiger partial charge in [0.05, 0.1) is 0 Å². The average molecular weight is 231 g/mol. The first-order chi connectivity index (χ1) is 8.36. The highest BCUT2D eigenvalue weighted by Gasteiger charge is 1.98. The molecule has 1 nitrogen and oxygen atoms in total. The largest absolute Gasteiger partial charge is 0.300 e. The molecular formula is C16H25N. The topological polar surface area (TPSA) is 3.24 Å². The third-order valence-electron chi connectivity index (χ3n) is 2.81. The van der Waals surface area contributed by atoms with Gasteiger partial charge in [0.25, 0.3) is 0 Å². The lowest BCUT2D eigenvalue weighted by molar-refractivity contribution is 0.303. The van der Waals surface area contributed by atoms with Crippen LogP contribution in [0.5, 0.6) is 0 Å². The lowest BCUT2D eigenvalue weighted by Gasteiger charge is -2.18. The molecule has 0 saturated heterocycles. The molecule has 0 N–H and O–H groups in total. The van der Waals surface area contributed by atoms with Crippen LogP contribution < -0.4 is 0 Å². The van der Waals surface area contributed by atoms with Crippen LogP contribution in [0.1, 0.15) is 32.3 Å². The van der Waals surface area contributed by atoms with Gasteiger partial charge in [0.1, 0.15) is 0 Å². The zero-order chi connectivity index (χ0) is 12.3. The van der Waals surface area contributed by atoms with Crippen molar-refractivity contribution in [1.82, 2.24) is 4.90 Å². The van der Waals surface area contributed by atoms with E-state index in [9.17, 15) is 0 Å². The first kappa shape index (κ1) is 14.0. The maximum atomic E-state index is 2.52. The number of allylic oxidation sites excluding steroid dienone is 1. The normalized spacial score (nSPS) is 11.5. The first-order valence-electron chi connectivity index (χ1n) is 6.78. The summed E-state index contributed by atoms with van der Waals surface area (Å²) in [5.41, 5.74) is 1.39. The third kappa shape index (κ3) is 6.28. The van der Waals surface area contributed by atoms with Gasteiger partial charge in [0, 0.05) is 6.54 Å². The van der Waals surface area contributed by atoms with Gasteiger partial charge in [-0.2, -0.15) is 0 Å². The second kappa shape index (κ2) is 9.00. The number of rotatable bonds is 8. The Kier molecular flexibility index (Phi) is 7.40. The molecule has 0 fully saturated rings. The molecule has 1 rings (SSSR count). The monoisotopic (exact) mass is 231 g/mol. The van der Waals surface area contributed by atoms with E-state index in [1.54, 1.807) is 0 Å². The smallest absolute Gasteiger partial charge is 0.0163 e. The predicted octanol–water partition coefficient (Wildman–Crippen LogP) is 3.91. The van der Waals surface area contributed by atoms with Crippen LogP contribution in [-0.4, -0.2) is 24.5 Å². The highest BCUT2D eigenvalue weighted by Crippen LogP contribution is 2.01. The molecule has 0 aliphatic carbocycles. The van der Waals surface area contributed by atoms with Crippen LogP contribution in [0.15, 0.2) is 42.5 Å². The summed E-state index contributed by atoms with van der Waals surface area (Å²) in [6, 6.07) is 10.6. The Bertz CT molecular complexity index is 297. The Labute approximate surface area is 106 Å². The molecule has 0 aromatic heterocycles. The molecule has 0 aliphatic heterocycles. The molecule has 0 saturated carbocycles. The minimum atomic E-state index is 1.05. The van der Waals surface area contributed by atoms with E-state index in [2.05, 4.69) is 61.2 Å². The molecule has 0 bridgehead atoms. The predicted molar refractivity (Wildman–Crippen MR) is 76.3 cm³/mol. The van der Waals surface area contributed by atoms with Gasteiger partial charge < -0.3 is 0 Å². The highest BCUT2D eigenvalue weighted by molar-refractivity contribution is 5.17. The van der Waals surface area contributed by atoms with Crippen molar-refractivity contribution in [3.05, 3.63) is 48.0 Å². The fourth-order valence-electron chi connectivity index (χ4n) is 1.98. The van der Waals surface area contributed by atoms with E-state index in [-0.39, 0.29) is 0 Å². The van der Waals surface area contributed by atoms with Gasteiger partial charge in [0.2, 0.25) is 0 Å². The molecular weight excluding hydrogens is 206 g/mol. The third-order valence-corrected chi connectivity index (χ3v) is 2.81. The Balaban J connectivity index is 2.28. The van der Waals surface area contributed by atoms with Crippen molar-refractivity contribution in [2.45, 2.75) is 33.1 Å². The van der Waals surface area contributed by atoms with Crippen molar-refractivity contribution in [3.63, 3.8) is 0 Å². The Hall–Kier alpha value is -1.08. The average Bonchev–Trinajstić information content (AvgIpc) is 2.36. The molecule has 1 heteroatoms. The maximum absolute atomic E-state index is 2.52. The van der Waals surface area contributed by atoms with Gasteiger partial charge in [-0.3, -0.25) is 4.90 Å². The van der Waals surface area contributed by atoms with Crippen LogP contribution in [0.2, 0.25) is 0 Å². The first-order valence-corrected chi connectivity index (χ1v) is 6.78. The van der Waals surface area contributed by atoms with Crippen molar-refractivity contribution in [3.8, 4) is 0 Å². The van der Waals surface area contributed by atoms with Crippen molar-refractivity contribution >= 4 is 0 Å². The Morgan fingerprint density at radius 2 is 1.59 bits per heavy atom. The Morgan fingerprint density at radius 3 is 2.18 bits per heavy atom. The van der Waals surface area contributed by atoms with Crippen LogP contribution in [0.4, 0.5) is 0 Å².